The number of rotatable bonds is 14. The molecular formula is C33H47ClN4O6. The van der Waals surface area contributed by atoms with Gasteiger partial charge in [0, 0.05) is 51.3 Å². The first kappa shape index (κ1) is 35.0. The molecule has 2 aromatic rings. The van der Waals surface area contributed by atoms with E-state index in [2.05, 4.69) is 22.3 Å². The summed E-state index contributed by atoms with van der Waals surface area (Å²) in [6.45, 7) is 8.97. The minimum Gasteiger partial charge on any atom is -0.496 e. The highest BCUT2D eigenvalue weighted by atomic mass is 35.5. The van der Waals surface area contributed by atoms with Gasteiger partial charge in [0.2, 0.25) is 5.91 Å². The molecule has 3 rings (SSSR count). The molecule has 3 N–H and O–H groups in total. The molecule has 0 saturated carbocycles. The van der Waals surface area contributed by atoms with Crippen LogP contribution in [0.1, 0.15) is 68.8 Å². The lowest BCUT2D eigenvalue weighted by atomic mass is 10.0. The fourth-order valence-electron chi connectivity index (χ4n) is 5.01. The number of hydrogen-bond acceptors (Lipinski definition) is 8. The minimum atomic E-state index is -0.582. The molecule has 1 saturated heterocycles. The van der Waals surface area contributed by atoms with Crippen LogP contribution in [0.4, 0.5) is 10.5 Å². The summed E-state index contributed by atoms with van der Waals surface area (Å²) in [5, 5.41) is 3.41. The molecule has 0 aliphatic carbocycles. The molecule has 242 valence electrons. The van der Waals surface area contributed by atoms with Crippen LogP contribution in [0.5, 0.6) is 5.75 Å². The Morgan fingerprint density at radius 1 is 1.07 bits per heavy atom. The smallest absolute Gasteiger partial charge is 0.410 e. The SMILES string of the molecule is COc1cc(N)c(Cl)cc1C(=O)OCCN1CCC(NC(=O)CCCN(CCCc2ccccc2)C(=O)OC(C)(C)C)CC1. The predicted molar refractivity (Wildman–Crippen MR) is 172 cm³/mol. The summed E-state index contributed by atoms with van der Waals surface area (Å²) in [7, 11) is 1.45. The van der Waals surface area contributed by atoms with E-state index in [1.165, 1.54) is 24.8 Å². The van der Waals surface area contributed by atoms with Gasteiger partial charge in [-0.1, -0.05) is 41.9 Å². The van der Waals surface area contributed by atoms with Gasteiger partial charge < -0.3 is 30.2 Å². The lowest BCUT2D eigenvalue weighted by molar-refractivity contribution is -0.122. The second-order valence-corrected chi connectivity index (χ2v) is 12.5. The number of piperidine rings is 1. The van der Waals surface area contributed by atoms with Crippen molar-refractivity contribution in [3.63, 3.8) is 0 Å². The van der Waals surface area contributed by atoms with Gasteiger partial charge in [0.15, 0.2) is 0 Å². The maximum atomic E-state index is 12.8. The zero-order valence-electron chi connectivity index (χ0n) is 26.4. The summed E-state index contributed by atoms with van der Waals surface area (Å²) < 4.78 is 16.3. The molecule has 1 aliphatic heterocycles. The predicted octanol–water partition coefficient (Wildman–Crippen LogP) is 5.32. The first-order chi connectivity index (χ1) is 20.9. The van der Waals surface area contributed by atoms with Gasteiger partial charge in [-0.3, -0.25) is 9.69 Å². The Morgan fingerprint density at radius 3 is 2.41 bits per heavy atom. The third kappa shape index (κ3) is 11.9. The van der Waals surface area contributed by atoms with Crippen molar-refractivity contribution < 1.29 is 28.6 Å². The van der Waals surface area contributed by atoms with E-state index in [-0.39, 0.29) is 35.2 Å². The maximum Gasteiger partial charge on any atom is 0.410 e. The molecule has 0 aromatic heterocycles. The van der Waals surface area contributed by atoms with Crippen LogP contribution < -0.4 is 15.8 Å². The van der Waals surface area contributed by atoms with Crippen LogP contribution in [0.15, 0.2) is 42.5 Å². The number of anilines is 1. The van der Waals surface area contributed by atoms with Crippen LogP contribution in [0.25, 0.3) is 0 Å². The zero-order valence-corrected chi connectivity index (χ0v) is 27.2. The van der Waals surface area contributed by atoms with Crippen molar-refractivity contribution in [3.05, 3.63) is 58.6 Å². The number of carbonyl (C=O) groups is 3. The number of carbonyl (C=O) groups excluding carboxylic acids is 3. The van der Waals surface area contributed by atoms with Crippen LogP contribution >= 0.6 is 11.6 Å². The standard InChI is InChI=1S/C33H47ClN4O6/c1-33(2,3)44-32(41)38(16-8-12-24-10-6-5-7-11-24)17-9-13-30(39)36-25-14-18-37(19-15-25)20-21-43-31(40)26-22-27(34)28(35)23-29(26)42-4/h5-7,10-11,22-23,25H,8-9,12-21,35H2,1-4H3,(H,36,39). The first-order valence-corrected chi connectivity index (χ1v) is 15.7. The Hall–Kier alpha value is -3.50. The number of ether oxygens (including phenoxy) is 3. The number of methoxy groups -OCH3 is 1. The number of aryl methyl sites for hydroxylation is 1. The number of halogens is 1. The van der Waals surface area contributed by atoms with Gasteiger partial charge in [0.05, 0.1) is 17.8 Å². The van der Waals surface area contributed by atoms with Crippen LogP contribution in [0, 0.1) is 0 Å². The van der Waals surface area contributed by atoms with Crippen molar-refractivity contribution >= 4 is 35.3 Å². The molecule has 0 atom stereocenters. The molecular weight excluding hydrogens is 584 g/mol. The van der Waals surface area contributed by atoms with E-state index >= 15 is 0 Å². The number of esters is 1. The van der Waals surface area contributed by atoms with E-state index in [9.17, 15) is 14.4 Å². The summed E-state index contributed by atoms with van der Waals surface area (Å²) in [5.74, 6) is -0.219. The van der Waals surface area contributed by atoms with Crippen molar-refractivity contribution in [1.82, 2.24) is 15.1 Å². The second kappa shape index (κ2) is 17.1. The highest BCUT2D eigenvalue weighted by molar-refractivity contribution is 6.33. The third-order valence-electron chi connectivity index (χ3n) is 7.35. The molecule has 2 amide bonds. The molecule has 1 aliphatic rings. The summed E-state index contributed by atoms with van der Waals surface area (Å²) in [6, 6.07) is 13.2. The normalized spacial score (nSPS) is 14.1. The first-order valence-electron chi connectivity index (χ1n) is 15.3. The Bertz CT molecular complexity index is 1230. The Kier molecular flexibility index (Phi) is 13.6. The van der Waals surface area contributed by atoms with Crippen LogP contribution in [0.2, 0.25) is 5.02 Å². The van der Waals surface area contributed by atoms with Gasteiger partial charge in [-0.05, 0) is 64.5 Å². The van der Waals surface area contributed by atoms with Crippen molar-refractivity contribution in [2.75, 3.05) is 52.2 Å². The molecule has 0 unspecified atom stereocenters. The van der Waals surface area contributed by atoms with E-state index < -0.39 is 11.6 Å². The fraction of sp³-hybridized carbons (Fsp3) is 0.545. The number of likely N-dealkylation sites (tertiary alicyclic amines) is 1. The van der Waals surface area contributed by atoms with Gasteiger partial charge in [0.25, 0.3) is 0 Å². The van der Waals surface area contributed by atoms with E-state index in [4.69, 9.17) is 31.5 Å². The topological polar surface area (TPSA) is 123 Å². The Labute approximate surface area is 266 Å². The third-order valence-corrected chi connectivity index (χ3v) is 7.68. The summed E-state index contributed by atoms with van der Waals surface area (Å²) in [5.41, 5.74) is 6.99. The molecule has 1 fully saturated rings. The van der Waals surface area contributed by atoms with E-state index in [0.29, 0.717) is 43.9 Å². The molecule has 0 bridgehead atoms. The number of nitrogens with zero attached hydrogens (tertiary/aromatic N) is 2. The Morgan fingerprint density at radius 2 is 1.75 bits per heavy atom. The van der Waals surface area contributed by atoms with Gasteiger partial charge in [-0.15, -0.1) is 0 Å². The average Bonchev–Trinajstić information content (AvgIpc) is 2.98. The van der Waals surface area contributed by atoms with Crippen molar-refractivity contribution in [3.8, 4) is 5.75 Å². The lowest BCUT2D eigenvalue weighted by Crippen LogP contribution is -2.45. The molecule has 2 aromatic carbocycles. The second-order valence-electron chi connectivity index (χ2n) is 12.1. The van der Waals surface area contributed by atoms with Crippen LogP contribution in [-0.2, 0) is 20.7 Å². The minimum absolute atomic E-state index is 0.0121. The van der Waals surface area contributed by atoms with E-state index in [1.54, 1.807) is 4.90 Å². The van der Waals surface area contributed by atoms with Crippen molar-refractivity contribution in [1.29, 1.82) is 0 Å². The molecule has 1 heterocycles. The summed E-state index contributed by atoms with van der Waals surface area (Å²) in [4.78, 5) is 42.0. The quantitative estimate of drug-likeness (QED) is 0.212. The van der Waals surface area contributed by atoms with Gasteiger partial charge in [-0.2, -0.15) is 0 Å². The lowest BCUT2D eigenvalue weighted by Gasteiger charge is -2.32. The van der Waals surface area contributed by atoms with Crippen LogP contribution in [0.3, 0.4) is 0 Å². The summed E-state index contributed by atoms with van der Waals surface area (Å²) in [6.07, 6.45) is 3.86. The van der Waals surface area contributed by atoms with Crippen LogP contribution in [-0.4, -0.2) is 85.9 Å². The largest absolute Gasteiger partial charge is 0.496 e. The highest BCUT2D eigenvalue weighted by Gasteiger charge is 2.24. The number of hydrogen-bond donors (Lipinski definition) is 2. The fourth-order valence-corrected chi connectivity index (χ4v) is 5.18. The van der Waals surface area contributed by atoms with Gasteiger partial charge in [-0.25, -0.2) is 9.59 Å². The highest BCUT2D eigenvalue weighted by Crippen LogP contribution is 2.29. The molecule has 0 radical (unpaired) electrons. The molecule has 11 heteroatoms. The Balaban J connectivity index is 1.35. The average molecular weight is 631 g/mol. The number of amides is 2. The van der Waals surface area contributed by atoms with Gasteiger partial charge >= 0.3 is 12.1 Å². The van der Waals surface area contributed by atoms with E-state index in [1.807, 2.05) is 39.0 Å². The monoisotopic (exact) mass is 630 g/mol. The summed E-state index contributed by atoms with van der Waals surface area (Å²) >= 11 is 6.06. The number of benzene rings is 2. The number of nitrogens with one attached hydrogen (secondary N) is 1. The van der Waals surface area contributed by atoms with E-state index in [0.717, 1.165) is 38.8 Å². The number of nitrogens with two attached hydrogens (primary N) is 1. The maximum absolute atomic E-state index is 12.8. The van der Waals surface area contributed by atoms with Gasteiger partial charge in [0.1, 0.15) is 23.5 Å². The molecule has 0 spiro atoms. The van der Waals surface area contributed by atoms with Crippen molar-refractivity contribution in [2.45, 2.75) is 70.9 Å². The zero-order chi connectivity index (χ0) is 32.1. The molecule has 44 heavy (non-hydrogen) atoms. The van der Waals surface area contributed by atoms with Crippen molar-refractivity contribution in [2.24, 2.45) is 0 Å². The number of nitrogen functional groups attached to an aromatic ring is 1. The molecule has 10 nitrogen and oxygen atoms in total.